The summed E-state index contributed by atoms with van der Waals surface area (Å²) < 4.78 is 0. The molecule has 1 heterocycles. The first-order valence-corrected chi connectivity index (χ1v) is 6.90. The summed E-state index contributed by atoms with van der Waals surface area (Å²) in [4.78, 5) is 16.1. The lowest BCUT2D eigenvalue weighted by molar-refractivity contribution is -0.118. The molecule has 0 aliphatic carbocycles. The van der Waals surface area contributed by atoms with Gasteiger partial charge in [0.1, 0.15) is 5.92 Å². The Labute approximate surface area is 132 Å². The number of amides is 1. The van der Waals surface area contributed by atoms with Crippen molar-refractivity contribution in [1.82, 2.24) is 4.98 Å². The lowest BCUT2D eigenvalue weighted by Gasteiger charge is -2.11. The maximum absolute atomic E-state index is 12.2. The Morgan fingerprint density at radius 2 is 2.19 bits per heavy atom. The first-order chi connectivity index (χ1) is 10.1. The summed E-state index contributed by atoms with van der Waals surface area (Å²) in [6.45, 7) is 0. The number of carbonyl (C=O) groups is 1. The van der Waals surface area contributed by atoms with Crippen molar-refractivity contribution < 1.29 is 4.79 Å². The molecule has 0 aliphatic rings. The highest BCUT2D eigenvalue weighted by Gasteiger charge is 2.19. The average Bonchev–Trinajstić information content (AvgIpc) is 2.49. The molecule has 6 heteroatoms. The van der Waals surface area contributed by atoms with Crippen molar-refractivity contribution in [3.05, 3.63) is 58.3 Å². The van der Waals surface area contributed by atoms with E-state index in [0.717, 1.165) is 5.56 Å². The second-order valence-corrected chi connectivity index (χ2v) is 5.20. The quantitative estimate of drug-likeness (QED) is 0.934. The highest BCUT2D eigenvalue weighted by atomic mass is 35.5. The third-order valence-corrected chi connectivity index (χ3v) is 3.39. The van der Waals surface area contributed by atoms with Crippen LogP contribution in [0.15, 0.2) is 42.7 Å². The van der Waals surface area contributed by atoms with Gasteiger partial charge in [-0.2, -0.15) is 5.26 Å². The number of rotatable bonds is 4. The van der Waals surface area contributed by atoms with Crippen molar-refractivity contribution in [3.63, 3.8) is 0 Å². The van der Waals surface area contributed by atoms with Crippen LogP contribution in [0, 0.1) is 17.2 Å². The predicted octanol–water partition coefficient (Wildman–Crippen LogP) is 3.71. The number of pyridine rings is 1. The van der Waals surface area contributed by atoms with E-state index >= 15 is 0 Å². The summed E-state index contributed by atoms with van der Waals surface area (Å²) >= 11 is 11.8. The van der Waals surface area contributed by atoms with Crippen LogP contribution in [0.2, 0.25) is 10.0 Å². The minimum atomic E-state index is -0.829. The summed E-state index contributed by atoms with van der Waals surface area (Å²) in [5.41, 5.74) is 1.21. The fourth-order valence-electron chi connectivity index (χ4n) is 1.76. The molecule has 1 aromatic heterocycles. The first-order valence-electron chi connectivity index (χ1n) is 6.14. The summed E-state index contributed by atoms with van der Waals surface area (Å²) in [5, 5.41) is 12.6. The molecule has 4 nitrogen and oxygen atoms in total. The number of hydrogen-bond donors (Lipinski definition) is 1. The molecule has 1 amide bonds. The molecule has 0 aliphatic heterocycles. The molecule has 21 heavy (non-hydrogen) atoms. The molecule has 1 N–H and O–H groups in total. The van der Waals surface area contributed by atoms with Gasteiger partial charge in [-0.25, -0.2) is 0 Å². The number of nitriles is 1. The van der Waals surface area contributed by atoms with E-state index in [-0.39, 0.29) is 6.42 Å². The Bertz CT molecular complexity index is 683. The van der Waals surface area contributed by atoms with Gasteiger partial charge in [0.15, 0.2) is 0 Å². The van der Waals surface area contributed by atoms with Gasteiger partial charge in [-0.15, -0.1) is 0 Å². The second kappa shape index (κ2) is 7.07. The molecular weight excluding hydrogens is 309 g/mol. The number of nitrogens with zero attached hydrogens (tertiary/aromatic N) is 2. The van der Waals surface area contributed by atoms with Crippen molar-refractivity contribution in [1.29, 1.82) is 5.26 Å². The van der Waals surface area contributed by atoms with E-state index in [4.69, 9.17) is 28.5 Å². The highest BCUT2D eigenvalue weighted by molar-refractivity contribution is 6.35. The summed E-state index contributed by atoms with van der Waals surface area (Å²) in [7, 11) is 0. The molecule has 1 aromatic carbocycles. The van der Waals surface area contributed by atoms with Crippen molar-refractivity contribution in [3.8, 4) is 6.07 Å². The minimum Gasteiger partial charge on any atom is -0.324 e. The van der Waals surface area contributed by atoms with Crippen molar-refractivity contribution in [2.45, 2.75) is 6.42 Å². The van der Waals surface area contributed by atoms with E-state index in [1.54, 1.807) is 36.7 Å². The number of anilines is 1. The molecule has 0 bridgehead atoms. The molecule has 0 spiro atoms. The Kier molecular flexibility index (Phi) is 5.15. The minimum absolute atomic E-state index is 0.286. The SMILES string of the molecule is N#CC(Cc1cccnc1)C(=O)Nc1cc(Cl)ccc1Cl. The topological polar surface area (TPSA) is 65.8 Å². The van der Waals surface area contributed by atoms with Crippen LogP contribution in [-0.2, 0) is 11.2 Å². The van der Waals surface area contributed by atoms with Gasteiger partial charge in [-0.3, -0.25) is 9.78 Å². The van der Waals surface area contributed by atoms with E-state index in [9.17, 15) is 4.79 Å². The van der Waals surface area contributed by atoms with Crippen LogP contribution in [0.25, 0.3) is 0 Å². The summed E-state index contributed by atoms with van der Waals surface area (Å²) in [6, 6.07) is 10.3. The van der Waals surface area contributed by atoms with Gasteiger partial charge in [0.05, 0.1) is 16.8 Å². The number of halogens is 2. The maximum Gasteiger partial charge on any atom is 0.242 e. The fourth-order valence-corrected chi connectivity index (χ4v) is 2.10. The van der Waals surface area contributed by atoms with Gasteiger partial charge in [0.2, 0.25) is 5.91 Å². The number of aromatic nitrogens is 1. The lowest BCUT2D eigenvalue weighted by Crippen LogP contribution is -2.23. The van der Waals surface area contributed by atoms with Gasteiger partial charge >= 0.3 is 0 Å². The zero-order valence-corrected chi connectivity index (χ0v) is 12.4. The van der Waals surface area contributed by atoms with Gasteiger partial charge < -0.3 is 5.32 Å². The van der Waals surface area contributed by atoms with Crippen LogP contribution < -0.4 is 5.32 Å². The second-order valence-electron chi connectivity index (χ2n) is 4.36. The van der Waals surface area contributed by atoms with E-state index in [1.165, 1.54) is 0 Å². The van der Waals surface area contributed by atoms with E-state index in [1.807, 2.05) is 12.1 Å². The third kappa shape index (κ3) is 4.19. The predicted molar refractivity (Wildman–Crippen MR) is 82.1 cm³/mol. The van der Waals surface area contributed by atoms with Crippen LogP contribution in [0.5, 0.6) is 0 Å². The number of carbonyl (C=O) groups excluding carboxylic acids is 1. The molecule has 0 saturated heterocycles. The molecule has 0 saturated carbocycles. The molecule has 1 atom stereocenters. The Morgan fingerprint density at radius 1 is 1.38 bits per heavy atom. The van der Waals surface area contributed by atoms with Crippen LogP contribution in [0.3, 0.4) is 0 Å². The van der Waals surface area contributed by atoms with Crippen LogP contribution >= 0.6 is 23.2 Å². The fraction of sp³-hybridized carbons (Fsp3) is 0.133. The van der Waals surface area contributed by atoms with E-state index in [2.05, 4.69) is 10.3 Å². The van der Waals surface area contributed by atoms with Crippen molar-refractivity contribution in [2.75, 3.05) is 5.32 Å². The summed E-state index contributed by atoms with van der Waals surface area (Å²) in [6.07, 6.45) is 3.55. The zero-order chi connectivity index (χ0) is 15.2. The Hall–Kier alpha value is -2.09. The van der Waals surface area contributed by atoms with Crippen LogP contribution in [0.1, 0.15) is 5.56 Å². The lowest BCUT2D eigenvalue weighted by atomic mass is 10.0. The van der Waals surface area contributed by atoms with Crippen molar-refractivity contribution >= 4 is 34.8 Å². The molecule has 2 rings (SSSR count). The molecule has 2 aromatic rings. The molecule has 0 fully saturated rings. The zero-order valence-electron chi connectivity index (χ0n) is 10.9. The molecular formula is C15H11Cl2N3O. The standard InChI is InChI=1S/C15H11Cl2N3O/c16-12-3-4-13(17)14(7-12)20-15(21)11(8-18)6-10-2-1-5-19-9-10/h1-5,7,9,11H,6H2,(H,20,21). The average molecular weight is 320 g/mol. The van der Waals surface area contributed by atoms with Crippen LogP contribution in [-0.4, -0.2) is 10.9 Å². The number of benzene rings is 1. The van der Waals surface area contributed by atoms with E-state index in [0.29, 0.717) is 15.7 Å². The van der Waals surface area contributed by atoms with E-state index < -0.39 is 11.8 Å². The van der Waals surface area contributed by atoms with Crippen molar-refractivity contribution in [2.24, 2.45) is 5.92 Å². The monoisotopic (exact) mass is 319 g/mol. The van der Waals surface area contributed by atoms with Gasteiger partial charge in [0.25, 0.3) is 0 Å². The normalized spacial score (nSPS) is 11.5. The number of hydrogen-bond acceptors (Lipinski definition) is 3. The summed E-state index contributed by atoms with van der Waals surface area (Å²) in [5.74, 6) is -1.25. The first kappa shape index (κ1) is 15.3. The molecule has 0 radical (unpaired) electrons. The molecule has 1 unspecified atom stereocenters. The maximum atomic E-state index is 12.2. The molecule has 106 valence electrons. The van der Waals surface area contributed by atoms with Crippen LogP contribution in [0.4, 0.5) is 5.69 Å². The Balaban J connectivity index is 2.10. The van der Waals surface area contributed by atoms with Gasteiger partial charge in [-0.05, 0) is 36.2 Å². The largest absolute Gasteiger partial charge is 0.324 e. The van der Waals surface area contributed by atoms with Gasteiger partial charge in [-0.1, -0.05) is 29.3 Å². The Morgan fingerprint density at radius 3 is 2.86 bits per heavy atom. The smallest absolute Gasteiger partial charge is 0.242 e. The highest BCUT2D eigenvalue weighted by Crippen LogP contribution is 2.26. The third-order valence-electron chi connectivity index (χ3n) is 2.82. The number of nitrogens with one attached hydrogen (secondary N) is 1. The van der Waals surface area contributed by atoms with Gasteiger partial charge in [0, 0.05) is 17.4 Å².